The molecule has 0 aromatic carbocycles. The third kappa shape index (κ3) is 4.30. The van der Waals surface area contributed by atoms with Crippen molar-refractivity contribution in [2.75, 3.05) is 13.1 Å². The average Bonchev–Trinajstić information content (AvgIpc) is 2.31. The Morgan fingerprint density at radius 3 is 2.18 bits per heavy atom. The van der Waals surface area contributed by atoms with Crippen molar-refractivity contribution < 1.29 is 4.79 Å². The van der Waals surface area contributed by atoms with Gasteiger partial charge in [0.2, 0.25) is 5.91 Å². The minimum atomic E-state index is 0.207. The second-order valence-corrected chi connectivity index (χ2v) is 5.43. The van der Waals surface area contributed by atoms with E-state index in [2.05, 4.69) is 37.9 Å². The van der Waals surface area contributed by atoms with Gasteiger partial charge in [0.15, 0.2) is 0 Å². The van der Waals surface area contributed by atoms with E-state index in [0.717, 1.165) is 38.8 Å². The summed E-state index contributed by atoms with van der Waals surface area (Å²) in [5, 5.41) is 3.21. The standard InChI is InChI=1S/C14H28N2O/c1-5-12(6-2)14(17)15-13-7-9-16(10-8-13)11(3)4/h11-13H,5-10H2,1-4H3,(H,15,17). The van der Waals surface area contributed by atoms with E-state index in [4.69, 9.17) is 0 Å². The summed E-state index contributed by atoms with van der Waals surface area (Å²) in [6, 6.07) is 1.03. The van der Waals surface area contributed by atoms with Crippen molar-refractivity contribution in [3.63, 3.8) is 0 Å². The minimum Gasteiger partial charge on any atom is -0.353 e. The number of hydrogen-bond donors (Lipinski definition) is 1. The molecular formula is C14H28N2O. The van der Waals surface area contributed by atoms with Gasteiger partial charge in [0, 0.05) is 31.1 Å². The van der Waals surface area contributed by atoms with Crippen LogP contribution in [0.15, 0.2) is 0 Å². The van der Waals surface area contributed by atoms with Gasteiger partial charge in [-0.1, -0.05) is 13.8 Å². The van der Waals surface area contributed by atoms with Gasteiger partial charge in [-0.15, -0.1) is 0 Å². The molecule has 1 aliphatic heterocycles. The van der Waals surface area contributed by atoms with Crippen molar-refractivity contribution in [3.8, 4) is 0 Å². The molecule has 1 amide bonds. The number of amides is 1. The SMILES string of the molecule is CCC(CC)C(=O)NC1CCN(C(C)C)CC1. The average molecular weight is 240 g/mol. The first-order valence-corrected chi connectivity index (χ1v) is 7.12. The third-order valence-electron chi connectivity index (χ3n) is 3.96. The molecule has 1 rings (SSSR count). The van der Waals surface area contributed by atoms with Crippen LogP contribution < -0.4 is 5.32 Å². The van der Waals surface area contributed by atoms with E-state index in [0.29, 0.717) is 12.1 Å². The smallest absolute Gasteiger partial charge is 0.223 e. The Morgan fingerprint density at radius 2 is 1.76 bits per heavy atom. The molecule has 0 aromatic heterocycles. The molecule has 1 heterocycles. The van der Waals surface area contributed by atoms with E-state index >= 15 is 0 Å². The van der Waals surface area contributed by atoms with Crippen LogP contribution in [0, 0.1) is 5.92 Å². The Morgan fingerprint density at radius 1 is 1.24 bits per heavy atom. The fourth-order valence-electron chi connectivity index (χ4n) is 2.54. The Bertz CT molecular complexity index is 228. The topological polar surface area (TPSA) is 32.3 Å². The molecule has 0 aromatic rings. The molecule has 0 atom stereocenters. The Hall–Kier alpha value is -0.570. The van der Waals surface area contributed by atoms with Crippen molar-refractivity contribution in [1.29, 1.82) is 0 Å². The van der Waals surface area contributed by atoms with Crippen molar-refractivity contribution in [3.05, 3.63) is 0 Å². The zero-order valence-electron chi connectivity index (χ0n) is 11.8. The quantitative estimate of drug-likeness (QED) is 0.800. The lowest BCUT2D eigenvalue weighted by Gasteiger charge is -2.35. The van der Waals surface area contributed by atoms with Gasteiger partial charge >= 0.3 is 0 Å². The van der Waals surface area contributed by atoms with Crippen molar-refractivity contribution in [2.45, 2.75) is 65.5 Å². The van der Waals surface area contributed by atoms with Gasteiger partial charge in [-0.2, -0.15) is 0 Å². The molecule has 1 saturated heterocycles. The predicted octanol–water partition coefficient (Wildman–Crippen LogP) is 2.41. The molecule has 0 spiro atoms. The van der Waals surface area contributed by atoms with Gasteiger partial charge in [0.1, 0.15) is 0 Å². The van der Waals surface area contributed by atoms with Crippen molar-refractivity contribution in [1.82, 2.24) is 10.2 Å². The maximum atomic E-state index is 12.0. The molecule has 0 unspecified atom stereocenters. The lowest BCUT2D eigenvalue weighted by molar-refractivity contribution is -0.126. The summed E-state index contributed by atoms with van der Waals surface area (Å²) in [6.45, 7) is 10.9. The number of nitrogens with zero attached hydrogens (tertiary/aromatic N) is 1. The van der Waals surface area contributed by atoms with Crippen LogP contribution in [0.5, 0.6) is 0 Å². The maximum Gasteiger partial charge on any atom is 0.223 e. The molecule has 3 nitrogen and oxygen atoms in total. The van der Waals surface area contributed by atoms with E-state index in [1.54, 1.807) is 0 Å². The van der Waals surface area contributed by atoms with Crippen LogP contribution >= 0.6 is 0 Å². The van der Waals surface area contributed by atoms with Gasteiger partial charge in [-0.3, -0.25) is 4.79 Å². The minimum absolute atomic E-state index is 0.207. The predicted molar refractivity (Wildman–Crippen MR) is 71.9 cm³/mol. The highest BCUT2D eigenvalue weighted by Gasteiger charge is 2.23. The first kappa shape index (κ1) is 14.5. The lowest BCUT2D eigenvalue weighted by Crippen LogP contribution is -2.47. The molecule has 0 bridgehead atoms. The van der Waals surface area contributed by atoms with Crippen LogP contribution in [0.3, 0.4) is 0 Å². The van der Waals surface area contributed by atoms with E-state index < -0.39 is 0 Å². The van der Waals surface area contributed by atoms with E-state index in [-0.39, 0.29) is 11.8 Å². The number of piperidine rings is 1. The normalized spacial score (nSPS) is 18.9. The molecule has 0 radical (unpaired) electrons. The molecule has 0 saturated carbocycles. The summed E-state index contributed by atoms with van der Waals surface area (Å²) >= 11 is 0. The molecule has 1 fully saturated rings. The Labute approximate surface area is 106 Å². The Kier molecular flexibility index (Phi) is 5.96. The van der Waals surface area contributed by atoms with Gasteiger partial charge < -0.3 is 10.2 Å². The van der Waals surface area contributed by atoms with E-state index in [9.17, 15) is 4.79 Å². The number of carbonyl (C=O) groups excluding carboxylic acids is 1. The van der Waals surface area contributed by atoms with Crippen molar-refractivity contribution >= 4 is 5.91 Å². The third-order valence-corrected chi connectivity index (χ3v) is 3.96. The lowest BCUT2D eigenvalue weighted by atomic mass is 9.99. The van der Waals surface area contributed by atoms with Crippen LogP contribution in [0.2, 0.25) is 0 Å². The highest BCUT2D eigenvalue weighted by molar-refractivity contribution is 5.78. The monoisotopic (exact) mass is 240 g/mol. The zero-order valence-corrected chi connectivity index (χ0v) is 11.8. The fraction of sp³-hybridized carbons (Fsp3) is 0.929. The second-order valence-electron chi connectivity index (χ2n) is 5.43. The van der Waals surface area contributed by atoms with Crippen molar-refractivity contribution in [2.24, 2.45) is 5.92 Å². The molecular weight excluding hydrogens is 212 g/mol. The summed E-state index contributed by atoms with van der Waals surface area (Å²) in [5.74, 6) is 0.469. The molecule has 3 heteroatoms. The van der Waals surface area contributed by atoms with Crippen LogP contribution in [-0.2, 0) is 4.79 Å². The molecule has 0 aliphatic carbocycles. The number of carbonyl (C=O) groups is 1. The van der Waals surface area contributed by atoms with Gasteiger partial charge in [0.05, 0.1) is 0 Å². The largest absolute Gasteiger partial charge is 0.353 e. The highest BCUT2D eigenvalue weighted by atomic mass is 16.1. The molecule has 100 valence electrons. The summed E-state index contributed by atoms with van der Waals surface area (Å²) < 4.78 is 0. The van der Waals surface area contributed by atoms with Gasteiger partial charge in [-0.05, 0) is 39.5 Å². The number of hydrogen-bond acceptors (Lipinski definition) is 2. The summed E-state index contributed by atoms with van der Waals surface area (Å²) in [4.78, 5) is 14.5. The highest BCUT2D eigenvalue weighted by Crippen LogP contribution is 2.14. The summed E-state index contributed by atoms with van der Waals surface area (Å²) in [7, 11) is 0. The molecule has 17 heavy (non-hydrogen) atoms. The Balaban J connectivity index is 2.33. The first-order valence-electron chi connectivity index (χ1n) is 7.12. The zero-order chi connectivity index (χ0) is 12.8. The number of rotatable bonds is 5. The van der Waals surface area contributed by atoms with Crippen LogP contribution in [0.25, 0.3) is 0 Å². The van der Waals surface area contributed by atoms with Crippen LogP contribution in [0.1, 0.15) is 53.4 Å². The number of likely N-dealkylation sites (tertiary alicyclic amines) is 1. The molecule has 1 aliphatic rings. The molecule has 1 N–H and O–H groups in total. The maximum absolute atomic E-state index is 12.0. The first-order chi connectivity index (χ1) is 8.08. The summed E-state index contributed by atoms with van der Waals surface area (Å²) in [5.41, 5.74) is 0. The van der Waals surface area contributed by atoms with Crippen LogP contribution in [-0.4, -0.2) is 36.0 Å². The van der Waals surface area contributed by atoms with Gasteiger partial charge in [0.25, 0.3) is 0 Å². The second kappa shape index (κ2) is 7.00. The van der Waals surface area contributed by atoms with E-state index in [1.807, 2.05) is 0 Å². The van der Waals surface area contributed by atoms with E-state index in [1.165, 1.54) is 0 Å². The number of nitrogens with one attached hydrogen (secondary N) is 1. The van der Waals surface area contributed by atoms with Gasteiger partial charge in [-0.25, -0.2) is 0 Å². The summed E-state index contributed by atoms with van der Waals surface area (Å²) in [6.07, 6.45) is 4.11. The van der Waals surface area contributed by atoms with Crippen LogP contribution in [0.4, 0.5) is 0 Å². The fourth-order valence-corrected chi connectivity index (χ4v) is 2.54.